The van der Waals surface area contributed by atoms with Gasteiger partial charge in [0.25, 0.3) is 0 Å². The summed E-state index contributed by atoms with van der Waals surface area (Å²) in [6.07, 6.45) is 4.59. The van der Waals surface area contributed by atoms with E-state index in [0.717, 1.165) is 24.1 Å². The lowest BCUT2D eigenvalue weighted by molar-refractivity contribution is 0.217. The van der Waals surface area contributed by atoms with Crippen LogP contribution in [0.4, 0.5) is 5.82 Å². The maximum atomic E-state index is 4.56. The van der Waals surface area contributed by atoms with Crippen molar-refractivity contribution < 1.29 is 0 Å². The number of aryl methyl sites for hydroxylation is 1. The number of anilines is 1. The van der Waals surface area contributed by atoms with Gasteiger partial charge in [-0.1, -0.05) is 13.8 Å². The lowest BCUT2D eigenvalue weighted by Gasteiger charge is -2.30. The van der Waals surface area contributed by atoms with Gasteiger partial charge in [-0.2, -0.15) is 0 Å². The summed E-state index contributed by atoms with van der Waals surface area (Å²) in [7, 11) is 2.21. The molecule has 1 aliphatic heterocycles. The Kier molecular flexibility index (Phi) is 4.75. The molecule has 19 heavy (non-hydrogen) atoms. The molecule has 2 heterocycles. The van der Waals surface area contributed by atoms with Crippen molar-refractivity contribution in [3.63, 3.8) is 0 Å². The third-order valence-corrected chi connectivity index (χ3v) is 3.84. The van der Waals surface area contributed by atoms with Crippen LogP contribution in [0, 0.1) is 12.8 Å². The summed E-state index contributed by atoms with van der Waals surface area (Å²) < 4.78 is 0. The molecule has 0 saturated carbocycles. The molecule has 1 unspecified atom stereocenters. The molecule has 4 nitrogen and oxygen atoms in total. The SMILES string of the molecule is Cc1ncc(C(C)C)c(NCC2CCCN(C)C2)n1. The minimum atomic E-state index is 0.456. The fourth-order valence-electron chi connectivity index (χ4n) is 2.72. The van der Waals surface area contributed by atoms with E-state index in [-0.39, 0.29) is 0 Å². The lowest BCUT2D eigenvalue weighted by Crippen LogP contribution is -2.35. The van der Waals surface area contributed by atoms with Crippen LogP contribution in [0.5, 0.6) is 0 Å². The zero-order valence-corrected chi connectivity index (χ0v) is 12.6. The van der Waals surface area contributed by atoms with Gasteiger partial charge in [-0.15, -0.1) is 0 Å². The average Bonchev–Trinajstić information content (AvgIpc) is 2.36. The predicted octanol–water partition coefficient (Wildman–Crippen LogP) is 2.66. The fourth-order valence-corrected chi connectivity index (χ4v) is 2.72. The summed E-state index contributed by atoms with van der Waals surface area (Å²) in [5, 5.41) is 3.55. The largest absolute Gasteiger partial charge is 0.369 e. The van der Waals surface area contributed by atoms with Crippen LogP contribution in [0.15, 0.2) is 6.20 Å². The Morgan fingerprint density at radius 2 is 2.26 bits per heavy atom. The fraction of sp³-hybridized carbons (Fsp3) is 0.733. The second-order valence-electron chi connectivity index (χ2n) is 6.03. The molecule has 1 aromatic rings. The average molecular weight is 262 g/mol. The van der Waals surface area contributed by atoms with Gasteiger partial charge in [0.2, 0.25) is 0 Å². The van der Waals surface area contributed by atoms with E-state index >= 15 is 0 Å². The van der Waals surface area contributed by atoms with Gasteiger partial charge in [0, 0.05) is 24.8 Å². The second kappa shape index (κ2) is 6.33. The number of nitrogens with one attached hydrogen (secondary N) is 1. The molecule has 0 spiro atoms. The quantitative estimate of drug-likeness (QED) is 0.905. The van der Waals surface area contributed by atoms with Crippen molar-refractivity contribution in [1.29, 1.82) is 0 Å². The number of piperidine rings is 1. The summed E-state index contributed by atoms with van der Waals surface area (Å²) in [5.41, 5.74) is 1.22. The van der Waals surface area contributed by atoms with Gasteiger partial charge in [-0.05, 0) is 45.2 Å². The summed E-state index contributed by atoms with van der Waals surface area (Å²) in [5.74, 6) is 3.05. The van der Waals surface area contributed by atoms with Crippen LogP contribution in [0.2, 0.25) is 0 Å². The number of rotatable bonds is 4. The molecular formula is C15H26N4. The standard InChI is InChI=1S/C15H26N4/c1-11(2)14-9-16-12(3)18-15(14)17-8-13-6-5-7-19(4)10-13/h9,11,13H,5-8,10H2,1-4H3,(H,16,17,18). The molecule has 0 aliphatic carbocycles. The van der Waals surface area contributed by atoms with Crippen molar-refractivity contribution in [2.45, 2.75) is 39.5 Å². The first-order chi connectivity index (χ1) is 9.06. The molecule has 1 aliphatic rings. The maximum Gasteiger partial charge on any atom is 0.133 e. The van der Waals surface area contributed by atoms with Crippen molar-refractivity contribution in [1.82, 2.24) is 14.9 Å². The molecule has 1 saturated heterocycles. The molecule has 0 radical (unpaired) electrons. The maximum absolute atomic E-state index is 4.56. The highest BCUT2D eigenvalue weighted by atomic mass is 15.1. The second-order valence-corrected chi connectivity index (χ2v) is 6.03. The van der Waals surface area contributed by atoms with Gasteiger partial charge in [0.15, 0.2) is 0 Å². The monoisotopic (exact) mass is 262 g/mol. The van der Waals surface area contributed by atoms with E-state index in [1.54, 1.807) is 0 Å². The van der Waals surface area contributed by atoms with Crippen LogP contribution in [-0.2, 0) is 0 Å². The molecule has 1 N–H and O–H groups in total. The Morgan fingerprint density at radius 1 is 1.47 bits per heavy atom. The van der Waals surface area contributed by atoms with Crippen LogP contribution < -0.4 is 5.32 Å². The highest BCUT2D eigenvalue weighted by Crippen LogP contribution is 2.22. The minimum Gasteiger partial charge on any atom is -0.369 e. The summed E-state index contributed by atoms with van der Waals surface area (Å²) in [6, 6.07) is 0. The molecule has 2 rings (SSSR count). The smallest absolute Gasteiger partial charge is 0.133 e. The van der Waals surface area contributed by atoms with E-state index in [1.165, 1.54) is 31.5 Å². The van der Waals surface area contributed by atoms with Crippen molar-refractivity contribution in [2.75, 3.05) is 32.0 Å². The Bertz CT molecular complexity index is 417. The first-order valence-corrected chi connectivity index (χ1v) is 7.32. The highest BCUT2D eigenvalue weighted by Gasteiger charge is 2.18. The van der Waals surface area contributed by atoms with E-state index in [1.807, 2.05) is 13.1 Å². The van der Waals surface area contributed by atoms with Crippen LogP contribution in [0.25, 0.3) is 0 Å². The summed E-state index contributed by atoms with van der Waals surface area (Å²) in [4.78, 5) is 11.3. The molecule has 0 bridgehead atoms. The molecule has 1 fully saturated rings. The number of likely N-dealkylation sites (tertiary alicyclic amines) is 1. The predicted molar refractivity (Wildman–Crippen MR) is 79.6 cm³/mol. The molecule has 0 aromatic carbocycles. The Hall–Kier alpha value is -1.16. The van der Waals surface area contributed by atoms with Gasteiger partial charge >= 0.3 is 0 Å². The lowest BCUT2D eigenvalue weighted by atomic mass is 9.98. The van der Waals surface area contributed by atoms with Gasteiger partial charge in [-0.25, -0.2) is 9.97 Å². The van der Waals surface area contributed by atoms with Gasteiger partial charge in [0.05, 0.1) is 0 Å². The normalized spacial score (nSPS) is 20.8. The Morgan fingerprint density at radius 3 is 2.95 bits per heavy atom. The van der Waals surface area contributed by atoms with E-state index in [0.29, 0.717) is 5.92 Å². The zero-order chi connectivity index (χ0) is 13.8. The van der Waals surface area contributed by atoms with Crippen molar-refractivity contribution in [3.05, 3.63) is 17.6 Å². The third kappa shape index (κ3) is 3.90. The molecule has 106 valence electrons. The van der Waals surface area contributed by atoms with Gasteiger partial charge < -0.3 is 10.2 Å². The van der Waals surface area contributed by atoms with Crippen LogP contribution >= 0.6 is 0 Å². The first-order valence-electron chi connectivity index (χ1n) is 7.32. The number of hydrogen-bond donors (Lipinski definition) is 1. The molecule has 4 heteroatoms. The van der Waals surface area contributed by atoms with E-state index in [9.17, 15) is 0 Å². The minimum absolute atomic E-state index is 0.456. The van der Waals surface area contributed by atoms with Crippen molar-refractivity contribution >= 4 is 5.82 Å². The number of hydrogen-bond acceptors (Lipinski definition) is 4. The van der Waals surface area contributed by atoms with Crippen molar-refractivity contribution in [2.24, 2.45) is 5.92 Å². The molecule has 0 amide bonds. The number of aromatic nitrogens is 2. The van der Waals surface area contributed by atoms with Crippen LogP contribution in [0.3, 0.4) is 0 Å². The van der Waals surface area contributed by atoms with Crippen LogP contribution in [-0.4, -0.2) is 41.5 Å². The van der Waals surface area contributed by atoms with Crippen molar-refractivity contribution in [3.8, 4) is 0 Å². The molecular weight excluding hydrogens is 236 g/mol. The molecule has 1 aromatic heterocycles. The van der Waals surface area contributed by atoms with E-state index in [4.69, 9.17) is 0 Å². The van der Waals surface area contributed by atoms with Gasteiger partial charge in [0.1, 0.15) is 11.6 Å². The first kappa shape index (κ1) is 14.3. The zero-order valence-electron chi connectivity index (χ0n) is 12.6. The summed E-state index contributed by atoms with van der Waals surface area (Å²) >= 11 is 0. The topological polar surface area (TPSA) is 41.1 Å². The van der Waals surface area contributed by atoms with Gasteiger partial charge in [-0.3, -0.25) is 0 Å². The Labute approximate surface area is 116 Å². The Balaban J connectivity index is 2.00. The molecule has 1 atom stereocenters. The van der Waals surface area contributed by atoms with Crippen LogP contribution in [0.1, 0.15) is 44.0 Å². The van der Waals surface area contributed by atoms with E-state index in [2.05, 4.69) is 41.1 Å². The van der Waals surface area contributed by atoms with E-state index < -0.39 is 0 Å². The highest BCUT2D eigenvalue weighted by molar-refractivity contribution is 5.44. The number of nitrogens with zero attached hydrogens (tertiary/aromatic N) is 3. The third-order valence-electron chi connectivity index (χ3n) is 3.84. The summed E-state index contributed by atoms with van der Waals surface area (Å²) in [6.45, 7) is 9.76.